The molecule has 0 spiro atoms. The van der Waals surface area contributed by atoms with Gasteiger partial charge in [-0.1, -0.05) is 6.07 Å². The van der Waals surface area contributed by atoms with Gasteiger partial charge in [0.15, 0.2) is 0 Å². The lowest BCUT2D eigenvalue weighted by molar-refractivity contribution is -0.143. The number of ether oxygens (including phenoxy) is 1. The first-order valence-corrected chi connectivity index (χ1v) is 13.8. The zero-order valence-electron chi connectivity index (χ0n) is 21.9. The molecular weight excluding hydrogens is 486 g/mol. The number of benzene rings is 1. The molecular formula is C28H37N5O3S. The highest BCUT2D eigenvalue weighted by molar-refractivity contribution is 7.99. The quantitative estimate of drug-likeness (QED) is 0.217. The molecule has 0 atom stereocenters. The van der Waals surface area contributed by atoms with Crippen LogP contribution in [0.5, 0.6) is 5.75 Å². The maximum atomic E-state index is 12.9. The Morgan fingerprint density at radius 1 is 1.22 bits per heavy atom. The van der Waals surface area contributed by atoms with Crippen LogP contribution >= 0.6 is 11.8 Å². The lowest BCUT2D eigenvalue weighted by Crippen LogP contribution is -2.48. The Hall–Kier alpha value is -2.88. The van der Waals surface area contributed by atoms with Gasteiger partial charge in [0.1, 0.15) is 5.75 Å². The number of likely N-dealkylation sites (tertiary alicyclic amines) is 1. The summed E-state index contributed by atoms with van der Waals surface area (Å²) in [5, 5.41) is 11.7. The van der Waals surface area contributed by atoms with Gasteiger partial charge in [0, 0.05) is 38.0 Å². The lowest BCUT2D eigenvalue weighted by Gasteiger charge is -2.40. The highest BCUT2D eigenvalue weighted by Gasteiger charge is 2.40. The first-order chi connectivity index (χ1) is 18.0. The van der Waals surface area contributed by atoms with Crippen molar-refractivity contribution in [3.05, 3.63) is 54.4 Å². The summed E-state index contributed by atoms with van der Waals surface area (Å²) in [6, 6.07) is 11.9. The van der Waals surface area contributed by atoms with Gasteiger partial charge in [0.2, 0.25) is 5.91 Å². The van der Waals surface area contributed by atoms with E-state index in [1.54, 1.807) is 18.9 Å². The van der Waals surface area contributed by atoms with E-state index in [4.69, 9.17) is 4.74 Å². The highest BCUT2D eigenvalue weighted by atomic mass is 32.2. The van der Waals surface area contributed by atoms with Crippen LogP contribution < -0.4 is 15.1 Å². The number of hydrogen-bond donors (Lipinski definition) is 2. The summed E-state index contributed by atoms with van der Waals surface area (Å²) in [4.78, 5) is 26.4. The van der Waals surface area contributed by atoms with Crippen LogP contribution in [0.3, 0.4) is 0 Å². The molecule has 8 nitrogen and oxygen atoms in total. The second-order valence-electron chi connectivity index (χ2n) is 9.83. The van der Waals surface area contributed by atoms with E-state index in [0.717, 1.165) is 84.9 Å². The molecule has 0 aliphatic carbocycles. The standard InChI is InChI=1S/C28H37N5O3S/c1-32(2)25-20-30-24-10-9-21(36-3)19-23(24)22(25)7-6-11-28(27(34)31-35)12-15-33(16-13-28)17-18-37-26-8-4-5-14-29-26/h4-5,8-10,14,19-20,35H,6-7,11-13,15-18H2,1-3H3,(H,31,34). The van der Waals surface area contributed by atoms with Gasteiger partial charge in [-0.3, -0.25) is 15.0 Å². The molecule has 1 amide bonds. The molecule has 198 valence electrons. The van der Waals surface area contributed by atoms with Crippen LogP contribution in [0.15, 0.2) is 53.8 Å². The van der Waals surface area contributed by atoms with E-state index >= 15 is 0 Å². The number of nitrogens with one attached hydrogen (secondary N) is 1. The van der Waals surface area contributed by atoms with Gasteiger partial charge in [-0.2, -0.15) is 0 Å². The number of carbonyl (C=O) groups is 1. The van der Waals surface area contributed by atoms with Gasteiger partial charge < -0.3 is 14.5 Å². The van der Waals surface area contributed by atoms with Crippen LogP contribution in [-0.4, -0.2) is 72.6 Å². The van der Waals surface area contributed by atoms with Crippen LogP contribution in [-0.2, 0) is 11.2 Å². The molecule has 1 aliphatic rings. The van der Waals surface area contributed by atoms with Gasteiger partial charge in [-0.25, -0.2) is 10.5 Å². The number of rotatable bonds is 11. The molecule has 1 aliphatic heterocycles. The van der Waals surface area contributed by atoms with Crippen LogP contribution in [0.25, 0.3) is 10.9 Å². The fourth-order valence-electron chi connectivity index (χ4n) is 5.22. The summed E-state index contributed by atoms with van der Waals surface area (Å²) in [5.41, 5.74) is 4.62. The number of aryl methyl sites for hydroxylation is 1. The monoisotopic (exact) mass is 523 g/mol. The summed E-state index contributed by atoms with van der Waals surface area (Å²) in [6.45, 7) is 2.64. The molecule has 4 rings (SSSR count). The molecule has 2 aromatic heterocycles. The van der Waals surface area contributed by atoms with E-state index in [-0.39, 0.29) is 5.91 Å². The summed E-state index contributed by atoms with van der Waals surface area (Å²) in [5.74, 6) is 1.50. The molecule has 0 unspecified atom stereocenters. The summed E-state index contributed by atoms with van der Waals surface area (Å²) >= 11 is 1.75. The van der Waals surface area contributed by atoms with Crippen LogP contribution in [0.2, 0.25) is 0 Å². The topological polar surface area (TPSA) is 90.8 Å². The number of thioether (sulfide) groups is 1. The summed E-state index contributed by atoms with van der Waals surface area (Å²) in [7, 11) is 5.72. The Morgan fingerprint density at radius 3 is 2.70 bits per heavy atom. The van der Waals surface area contributed by atoms with E-state index in [1.807, 2.05) is 68.4 Å². The predicted octanol–water partition coefficient (Wildman–Crippen LogP) is 4.41. The van der Waals surface area contributed by atoms with Gasteiger partial charge in [-0.05, 0) is 81.1 Å². The molecule has 3 aromatic rings. The van der Waals surface area contributed by atoms with Gasteiger partial charge >= 0.3 is 0 Å². The Balaban J connectivity index is 1.41. The Morgan fingerprint density at radius 2 is 2.03 bits per heavy atom. The van der Waals surface area contributed by atoms with E-state index < -0.39 is 5.41 Å². The van der Waals surface area contributed by atoms with Crippen molar-refractivity contribution in [2.75, 3.05) is 51.5 Å². The second-order valence-corrected chi connectivity index (χ2v) is 10.9. The van der Waals surface area contributed by atoms with Crippen molar-refractivity contribution in [3.8, 4) is 5.75 Å². The number of nitrogens with zero attached hydrogens (tertiary/aromatic N) is 4. The number of amides is 1. The average molecular weight is 524 g/mol. The molecule has 3 heterocycles. The maximum Gasteiger partial charge on any atom is 0.249 e. The summed E-state index contributed by atoms with van der Waals surface area (Å²) < 4.78 is 5.47. The Kier molecular flexibility index (Phi) is 9.23. The number of aromatic nitrogens is 2. The molecule has 1 saturated heterocycles. The maximum absolute atomic E-state index is 12.9. The lowest BCUT2D eigenvalue weighted by atomic mass is 9.73. The van der Waals surface area contributed by atoms with Crippen molar-refractivity contribution in [2.45, 2.75) is 37.1 Å². The van der Waals surface area contributed by atoms with E-state index in [1.165, 1.54) is 5.56 Å². The van der Waals surface area contributed by atoms with Gasteiger partial charge in [0.25, 0.3) is 0 Å². The number of pyridine rings is 2. The molecule has 0 bridgehead atoms. The molecule has 9 heteroatoms. The Labute approximate surface area is 223 Å². The van der Waals surface area contributed by atoms with E-state index in [0.29, 0.717) is 0 Å². The molecule has 1 aromatic carbocycles. The molecule has 1 fully saturated rings. The fourth-order valence-corrected chi connectivity index (χ4v) is 6.09. The fraction of sp³-hybridized carbons (Fsp3) is 0.464. The SMILES string of the molecule is COc1ccc2ncc(N(C)C)c(CCCC3(C(=O)NO)CCN(CCSc4ccccn4)CC3)c2c1. The number of carbonyl (C=O) groups excluding carboxylic acids is 1. The van der Waals surface area contributed by atoms with Crippen molar-refractivity contribution >= 4 is 34.3 Å². The zero-order valence-corrected chi connectivity index (χ0v) is 22.8. The highest BCUT2D eigenvalue weighted by Crippen LogP contribution is 2.38. The van der Waals surface area contributed by atoms with Gasteiger partial charge in [0.05, 0.1) is 35.0 Å². The zero-order chi connectivity index (χ0) is 26.3. The number of fused-ring (bicyclic) bond motifs is 1. The largest absolute Gasteiger partial charge is 0.497 e. The second kappa shape index (κ2) is 12.6. The van der Waals surface area contributed by atoms with Gasteiger partial charge in [-0.15, -0.1) is 11.8 Å². The summed E-state index contributed by atoms with van der Waals surface area (Å²) in [6.07, 6.45) is 7.57. The van der Waals surface area contributed by atoms with Crippen molar-refractivity contribution in [1.82, 2.24) is 20.3 Å². The average Bonchev–Trinajstić information content (AvgIpc) is 2.93. The smallest absolute Gasteiger partial charge is 0.249 e. The van der Waals surface area contributed by atoms with Crippen molar-refractivity contribution in [2.24, 2.45) is 5.41 Å². The van der Waals surface area contributed by atoms with E-state index in [2.05, 4.69) is 19.8 Å². The van der Waals surface area contributed by atoms with Crippen LogP contribution in [0, 0.1) is 5.41 Å². The molecule has 0 radical (unpaired) electrons. The van der Waals surface area contributed by atoms with Crippen LogP contribution in [0.1, 0.15) is 31.2 Å². The predicted molar refractivity (Wildman–Crippen MR) is 149 cm³/mol. The molecule has 37 heavy (non-hydrogen) atoms. The van der Waals surface area contributed by atoms with Crippen molar-refractivity contribution in [1.29, 1.82) is 0 Å². The normalized spacial score (nSPS) is 15.5. The van der Waals surface area contributed by atoms with Crippen molar-refractivity contribution in [3.63, 3.8) is 0 Å². The number of methoxy groups -OCH3 is 1. The molecule has 2 N–H and O–H groups in total. The first-order valence-electron chi connectivity index (χ1n) is 12.8. The first kappa shape index (κ1) is 27.2. The number of anilines is 1. The number of hydroxylamine groups is 1. The Bertz CT molecular complexity index is 1180. The third kappa shape index (κ3) is 6.52. The third-order valence-corrected chi connectivity index (χ3v) is 8.34. The number of piperidine rings is 1. The minimum atomic E-state index is -0.557. The third-order valence-electron chi connectivity index (χ3n) is 7.42. The van der Waals surface area contributed by atoms with Crippen molar-refractivity contribution < 1.29 is 14.7 Å². The van der Waals surface area contributed by atoms with E-state index in [9.17, 15) is 10.0 Å². The van der Waals surface area contributed by atoms with Crippen LogP contribution in [0.4, 0.5) is 5.69 Å². The minimum Gasteiger partial charge on any atom is -0.497 e. The molecule has 0 saturated carbocycles. The number of hydrogen-bond acceptors (Lipinski definition) is 8. The minimum absolute atomic E-state index is 0.260.